The van der Waals surface area contributed by atoms with Gasteiger partial charge in [-0.15, -0.1) is 0 Å². The van der Waals surface area contributed by atoms with Gasteiger partial charge in [0.15, 0.2) is 0 Å². The van der Waals surface area contributed by atoms with Gasteiger partial charge in [-0.2, -0.15) is 0 Å². The highest BCUT2D eigenvalue weighted by Gasteiger charge is 2.34. The zero-order valence-electron chi connectivity index (χ0n) is 13.3. The van der Waals surface area contributed by atoms with Crippen molar-refractivity contribution < 1.29 is 9.90 Å². The molecule has 1 aliphatic rings. The first-order chi connectivity index (χ1) is 8.72. The number of carbonyl (C=O) groups is 1. The number of nitrogens with one attached hydrogen (secondary N) is 1. The minimum Gasteiger partial charge on any atom is -0.394 e. The van der Waals surface area contributed by atoms with E-state index in [0.29, 0.717) is 5.41 Å². The predicted octanol–water partition coefficient (Wildman–Crippen LogP) is 3.12. The molecule has 0 heterocycles. The van der Waals surface area contributed by atoms with Crippen molar-refractivity contribution >= 4 is 5.91 Å². The first-order valence-corrected chi connectivity index (χ1v) is 7.64. The molecule has 2 N–H and O–H groups in total. The molecule has 1 unspecified atom stereocenters. The first-order valence-electron chi connectivity index (χ1n) is 7.64. The van der Waals surface area contributed by atoms with E-state index in [4.69, 9.17) is 0 Å². The molecular formula is C16H31NO2. The number of aliphatic hydroxyl groups excluding tert-OH is 1. The molecule has 1 rings (SSSR count). The summed E-state index contributed by atoms with van der Waals surface area (Å²) in [6.45, 7) is 10.8. The van der Waals surface area contributed by atoms with Gasteiger partial charge in [0.2, 0.25) is 5.91 Å². The van der Waals surface area contributed by atoms with E-state index in [9.17, 15) is 9.90 Å². The smallest absolute Gasteiger partial charge is 0.223 e. The van der Waals surface area contributed by atoms with Gasteiger partial charge in [-0.1, -0.05) is 27.7 Å². The molecule has 0 saturated heterocycles. The lowest BCUT2D eigenvalue weighted by molar-refractivity contribution is -0.129. The van der Waals surface area contributed by atoms with E-state index in [2.05, 4.69) is 26.1 Å². The number of carbonyl (C=O) groups excluding carboxylic acids is 1. The number of rotatable bonds is 4. The molecule has 1 amide bonds. The molecule has 0 spiro atoms. The van der Waals surface area contributed by atoms with Crippen LogP contribution in [0.3, 0.4) is 0 Å². The number of aliphatic hydroxyl groups is 1. The molecule has 1 atom stereocenters. The Morgan fingerprint density at radius 2 is 1.68 bits per heavy atom. The van der Waals surface area contributed by atoms with Crippen molar-refractivity contribution in [1.29, 1.82) is 0 Å². The zero-order valence-corrected chi connectivity index (χ0v) is 13.3. The fraction of sp³-hybridized carbons (Fsp3) is 0.938. The molecule has 0 aromatic heterocycles. The summed E-state index contributed by atoms with van der Waals surface area (Å²) in [4.78, 5) is 12.3. The normalized spacial score (nSPS) is 27.7. The maximum absolute atomic E-state index is 12.3. The molecule has 112 valence electrons. The maximum Gasteiger partial charge on any atom is 0.223 e. The molecule has 0 bridgehead atoms. The van der Waals surface area contributed by atoms with Crippen LogP contribution < -0.4 is 5.32 Å². The van der Waals surface area contributed by atoms with Crippen molar-refractivity contribution in [2.75, 3.05) is 6.61 Å². The predicted molar refractivity (Wildman–Crippen MR) is 78.8 cm³/mol. The van der Waals surface area contributed by atoms with Crippen LogP contribution in [0.15, 0.2) is 0 Å². The maximum atomic E-state index is 12.3. The first kappa shape index (κ1) is 16.5. The van der Waals surface area contributed by atoms with Crippen LogP contribution in [0.4, 0.5) is 0 Å². The fourth-order valence-electron chi connectivity index (χ4n) is 2.86. The largest absolute Gasteiger partial charge is 0.394 e. The topological polar surface area (TPSA) is 49.3 Å². The van der Waals surface area contributed by atoms with E-state index < -0.39 is 5.54 Å². The number of hydrogen-bond donors (Lipinski definition) is 2. The third kappa shape index (κ3) is 4.48. The van der Waals surface area contributed by atoms with Gasteiger partial charge in [0, 0.05) is 5.92 Å². The van der Waals surface area contributed by atoms with Crippen LogP contribution in [0.2, 0.25) is 0 Å². The summed E-state index contributed by atoms with van der Waals surface area (Å²) in [5, 5.41) is 12.4. The van der Waals surface area contributed by atoms with Crippen LogP contribution in [0, 0.1) is 17.3 Å². The van der Waals surface area contributed by atoms with Gasteiger partial charge in [0.05, 0.1) is 12.1 Å². The molecule has 0 aliphatic heterocycles. The third-order valence-corrected chi connectivity index (χ3v) is 4.88. The van der Waals surface area contributed by atoms with E-state index in [1.165, 1.54) is 0 Å². The Morgan fingerprint density at radius 1 is 1.16 bits per heavy atom. The van der Waals surface area contributed by atoms with Crippen molar-refractivity contribution in [2.45, 2.75) is 72.3 Å². The second-order valence-electron chi connectivity index (χ2n) is 7.48. The van der Waals surface area contributed by atoms with Crippen molar-refractivity contribution in [3.05, 3.63) is 0 Å². The summed E-state index contributed by atoms with van der Waals surface area (Å²) in [7, 11) is 0. The van der Waals surface area contributed by atoms with Crippen molar-refractivity contribution in [1.82, 2.24) is 5.32 Å². The number of amides is 1. The molecule has 1 saturated carbocycles. The minimum atomic E-state index is -0.460. The molecule has 3 nitrogen and oxygen atoms in total. The lowest BCUT2D eigenvalue weighted by Gasteiger charge is -2.37. The quantitative estimate of drug-likeness (QED) is 0.824. The molecule has 0 radical (unpaired) electrons. The highest BCUT2D eigenvalue weighted by Crippen LogP contribution is 2.39. The summed E-state index contributed by atoms with van der Waals surface area (Å²) in [6.07, 6.45) is 5.01. The van der Waals surface area contributed by atoms with Crippen molar-refractivity contribution in [3.63, 3.8) is 0 Å². The Balaban J connectivity index is 2.50. The van der Waals surface area contributed by atoms with Crippen LogP contribution in [0.25, 0.3) is 0 Å². The highest BCUT2D eigenvalue weighted by molar-refractivity contribution is 5.79. The van der Waals surface area contributed by atoms with Gasteiger partial charge >= 0.3 is 0 Å². The minimum absolute atomic E-state index is 0.00652. The van der Waals surface area contributed by atoms with E-state index in [0.717, 1.165) is 38.0 Å². The molecule has 1 fully saturated rings. The Morgan fingerprint density at radius 3 is 2.05 bits per heavy atom. The summed E-state index contributed by atoms with van der Waals surface area (Å²) in [5.74, 6) is 0.994. The molecule has 0 aromatic carbocycles. The van der Waals surface area contributed by atoms with Gasteiger partial charge in [0.25, 0.3) is 0 Å². The third-order valence-electron chi connectivity index (χ3n) is 4.88. The Labute approximate surface area is 118 Å². The van der Waals surface area contributed by atoms with Gasteiger partial charge < -0.3 is 10.4 Å². The zero-order chi connectivity index (χ0) is 14.7. The van der Waals surface area contributed by atoms with Crippen LogP contribution in [-0.2, 0) is 4.79 Å². The standard InChI is InChI=1S/C16H31NO2/c1-6-16(5,11-18)17-14(19)12-7-9-13(10-8-12)15(2,3)4/h12-13,18H,6-11H2,1-5H3,(H,17,19). The van der Waals surface area contributed by atoms with Gasteiger partial charge in [-0.05, 0) is 50.4 Å². The van der Waals surface area contributed by atoms with Crippen molar-refractivity contribution in [2.24, 2.45) is 17.3 Å². The Bertz CT molecular complexity index is 294. The van der Waals surface area contributed by atoms with Crippen LogP contribution in [0.5, 0.6) is 0 Å². The molecule has 3 heteroatoms. The second kappa shape index (κ2) is 6.25. The Hall–Kier alpha value is -0.570. The van der Waals surface area contributed by atoms with Crippen molar-refractivity contribution in [3.8, 4) is 0 Å². The summed E-state index contributed by atoms with van der Waals surface area (Å²) in [6, 6.07) is 0. The molecular weight excluding hydrogens is 238 g/mol. The second-order valence-corrected chi connectivity index (χ2v) is 7.48. The van der Waals surface area contributed by atoms with Gasteiger partial charge in [-0.25, -0.2) is 0 Å². The summed E-state index contributed by atoms with van der Waals surface area (Å²) < 4.78 is 0. The monoisotopic (exact) mass is 269 g/mol. The van der Waals surface area contributed by atoms with E-state index in [1.54, 1.807) is 0 Å². The van der Waals surface area contributed by atoms with Gasteiger partial charge in [-0.3, -0.25) is 4.79 Å². The van der Waals surface area contributed by atoms with Crippen LogP contribution >= 0.6 is 0 Å². The average molecular weight is 269 g/mol. The summed E-state index contributed by atoms with van der Waals surface area (Å²) in [5.41, 5.74) is -0.109. The average Bonchev–Trinajstić information content (AvgIpc) is 2.37. The molecule has 1 aliphatic carbocycles. The fourth-order valence-corrected chi connectivity index (χ4v) is 2.86. The van der Waals surface area contributed by atoms with Crippen LogP contribution in [0.1, 0.15) is 66.7 Å². The lowest BCUT2D eigenvalue weighted by atomic mass is 9.69. The summed E-state index contributed by atoms with van der Waals surface area (Å²) >= 11 is 0. The SMILES string of the molecule is CCC(C)(CO)NC(=O)C1CCC(C(C)(C)C)CC1. The van der Waals surface area contributed by atoms with E-state index in [1.807, 2.05) is 13.8 Å². The van der Waals surface area contributed by atoms with Gasteiger partial charge in [0.1, 0.15) is 0 Å². The van der Waals surface area contributed by atoms with E-state index >= 15 is 0 Å². The number of hydrogen-bond acceptors (Lipinski definition) is 2. The highest BCUT2D eigenvalue weighted by atomic mass is 16.3. The lowest BCUT2D eigenvalue weighted by Crippen LogP contribution is -2.51. The molecule has 0 aromatic rings. The van der Waals surface area contributed by atoms with Crippen LogP contribution in [-0.4, -0.2) is 23.2 Å². The Kier molecular flexibility index (Phi) is 5.43. The van der Waals surface area contributed by atoms with E-state index in [-0.39, 0.29) is 18.4 Å². The molecule has 19 heavy (non-hydrogen) atoms.